The molecule has 1 aromatic rings. The van der Waals surface area contributed by atoms with E-state index in [-0.39, 0.29) is 0 Å². The van der Waals surface area contributed by atoms with Crippen molar-refractivity contribution in [3.8, 4) is 11.9 Å². The Balaban J connectivity index is 2.90. The van der Waals surface area contributed by atoms with Crippen molar-refractivity contribution in [1.29, 1.82) is 5.26 Å². The first-order valence-electron chi connectivity index (χ1n) is 4.69. The van der Waals surface area contributed by atoms with Crippen molar-refractivity contribution in [3.05, 3.63) is 22.9 Å². The van der Waals surface area contributed by atoms with Crippen LogP contribution >= 0.6 is 0 Å². The minimum absolute atomic E-state index is 0.395. The number of methoxy groups -OCH3 is 1. The number of hydrogen-bond donors (Lipinski definition) is 0. The molecule has 0 aliphatic carbocycles. The Hall–Kier alpha value is -1.60. The molecule has 1 rings (SSSR count). The van der Waals surface area contributed by atoms with Gasteiger partial charge >= 0.3 is 0 Å². The minimum Gasteiger partial charge on any atom is -0.474 e. The van der Waals surface area contributed by atoms with E-state index in [4.69, 9.17) is 14.7 Å². The monoisotopic (exact) mass is 206 g/mol. The van der Waals surface area contributed by atoms with Gasteiger partial charge in [0, 0.05) is 12.8 Å². The van der Waals surface area contributed by atoms with Gasteiger partial charge in [-0.15, -0.1) is 0 Å². The topological polar surface area (TPSA) is 55.1 Å². The van der Waals surface area contributed by atoms with E-state index >= 15 is 0 Å². The Morgan fingerprint density at radius 3 is 2.73 bits per heavy atom. The second-order valence-electron chi connectivity index (χ2n) is 3.21. The second kappa shape index (κ2) is 5.32. The smallest absolute Gasteiger partial charge is 0.232 e. The summed E-state index contributed by atoms with van der Waals surface area (Å²) in [5.74, 6) is 0.395. The zero-order valence-corrected chi connectivity index (χ0v) is 9.20. The predicted molar refractivity (Wildman–Crippen MR) is 55.8 cm³/mol. The van der Waals surface area contributed by atoms with Crippen LogP contribution in [0.1, 0.15) is 16.8 Å². The van der Waals surface area contributed by atoms with E-state index in [1.807, 2.05) is 19.9 Å². The summed E-state index contributed by atoms with van der Waals surface area (Å²) in [7, 11) is 1.60. The van der Waals surface area contributed by atoms with E-state index in [1.165, 1.54) is 0 Å². The van der Waals surface area contributed by atoms with Crippen molar-refractivity contribution in [1.82, 2.24) is 4.98 Å². The highest BCUT2D eigenvalue weighted by atomic mass is 16.5. The van der Waals surface area contributed by atoms with Gasteiger partial charge in [-0.1, -0.05) is 0 Å². The molecule has 0 aliphatic rings. The van der Waals surface area contributed by atoms with Gasteiger partial charge in [-0.2, -0.15) is 5.26 Å². The van der Waals surface area contributed by atoms with Gasteiger partial charge in [-0.05, 0) is 25.5 Å². The first-order valence-corrected chi connectivity index (χ1v) is 4.69. The molecular weight excluding hydrogens is 192 g/mol. The van der Waals surface area contributed by atoms with Crippen LogP contribution in [0, 0.1) is 25.2 Å². The molecule has 0 saturated heterocycles. The summed E-state index contributed by atoms with van der Waals surface area (Å²) in [4.78, 5) is 4.18. The number of hydrogen-bond acceptors (Lipinski definition) is 4. The molecule has 0 atom stereocenters. The number of rotatable bonds is 4. The molecule has 0 amide bonds. The minimum atomic E-state index is 0.395. The first-order chi connectivity index (χ1) is 7.19. The molecule has 0 N–H and O–H groups in total. The fraction of sp³-hybridized carbons (Fsp3) is 0.455. The third kappa shape index (κ3) is 2.93. The third-order valence-electron chi connectivity index (χ3n) is 1.95. The van der Waals surface area contributed by atoms with E-state index in [0.717, 1.165) is 11.3 Å². The average molecular weight is 206 g/mol. The van der Waals surface area contributed by atoms with Crippen molar-refractivity contribution >= 4 is 0 Å². The Bertz CT molecular complexity index is 383. The number of nitriles is 1. The van der Waals surface area contributed by atoms with E-state index in [1.54, 1.807) is 7.11 Å². The second-order valence-corrected chi connectivity index (χ2v) is 3.21. The maximum Gasteiger partial charge on any atom is 0.232 e. The zero-order valence-electron chi connectivity index (χ0n) is 9.20. The van der Waals surface area contributed by atoms with Crippen LogP contribution in [0.25, 0.3) is 0 Å². The Morgan fingerprint density at radius 1 is 1.40 bits per heavy atom. The van der Waals surface area contributed by atoms with Crippen LogP contribution in [0.3, 0.4) is 0 Å². The summed E-state index contributed by atoms with van der Waals surface area (Å²) in [6.45, 7) is 4.63. The lowest BCUT2D eigenvalue weighted by molar-refractivity contribution is 0.143. The normalized spacial score (nSPS) is 9.73. The van der Waals surface area contributed by atoms with Gasteiger partial charge < -0.3 is 9.47 Å². The quantitative estimate of drug-likeness (QED) is 0.702. The van der Waals surface area contributed by atoms with Crippen molar-refractivity contribution in [2.24, 2.45) is 0 Å². The molecule has 4 nitrogen and oxygen atoms in total. The molecule has 1 heterocycles. The van der Waals surface area contributed by atoms with Crippen molar-refractivity contribution in [2.75, 3.05) is 20.3 Å². The van der Waals surface area contributed by atoms with Gasteiger partial charge in [0.2, 0.25) is 5.88 Å². The molecule has 0 saturated carbocycles. The third-order valence-corrected chi connectivity index (χ3v) is 1.95. The predicted octanol–water partition coefficient (Wildman–Crippen LogP) is 1.60. The number of nitrogens with zero attached hydrogens (tertiary/aromatic N) is 2. The lowest BCUT2D eigenvalue weighted by Crippen LogP contribution is -2.07. The average Bonchev–Trinajstić information content (AvgIpc) is 2.17. The molecular formula is C11H14N2O2. The standard InChI is InChI=1S/C11H14N2O2/c1-8-6-9(2)13-11(10(8)7-12)15-5-4-14-3/h6H,4-5H2,1-3H3. The molecule has 0 aliphatic heterocycles. The van der Waals surface area contributed by atoms with Gasteiger partial charge in [0.15, 0.2) is 0 Å². The maximum atomic E-state index is 8.95. The van der Waals surface area contributed by atoms with E-state index in [9.17, 15) is 0 Å². The van der Waals surface area contributed by atoms with Crippen LogP contribution in [-0.2, 0) is 4.74 Å². The van der Waals surface area contributed by atoms with Gasteiger partial charge in [0.05, 0.1) is 6.61 Å². The van der Waals surface area contributed by atoms with Crippen LogP contribution in [0.2, 0.25) is 0 Å². The van der Waals surface area contributed by atoms with Crippen LogP contribution in [0.4, 0.5) is 0 Å². The number of aryl methyl sites for hydroxylation is 2. The van der Waals surface area contributed by atoms with Crippen LogP contribution in [0.15, 0.2) is 6.07 Å². The molecule has 0 fully saturated rings. The number of pyridine rings is 1. The number of ether oxygens (including phenoxy) is 2. The molecule has 80 valence electrons. The van der Waals surface area contributed by atoms with Crippen molar-refractivity contribution < 1.29 is 9.47 Å². The van der Waals surface area contributed by atoms with E-state index < -0.39 is 0 Å². The highest BCUT2D eigenvalue weighted by molar-refractivity contribution is 5.45. The Kier molecular flexibility index (Phi) is 4.07. The molecule has 0 bridgehead atoms. The summed E-state index contributed by atoms with van der Waals surface area (Å²) in [5.41, 5.74) is 2.23. The number of aromatic nitrogens is 1. The Morgan fingerprint density at radius 2 is 2.13 bits per heavy atom. The van der Waals surface area contributed by atoms with Crippen LogP contribution in [0.5, 0.6) is 5.88 Å². The molecule has 0 radical (unpaired) electrons. The summed E-state index contributed by atoms with van der Waals surface area (Å²) < 4.78 is 10.2. The Labute approximate surface area is 89.5 Å². The zero-order chi connectivity index (χ0) is 11.3. The maximum absolute atomic E-state index is 8.95. The van der Waals surface area contributed by atoms with Gasteiger partial charge in [-0.25, -0.2) is 4.98 Å². The highest BCUT2D eigenvalue weighted by Gasteiger charge is 2.09. The fourth-order valence-electron chi connectivity index (χ4n) is 1.26. The SMILES string of the molecule is COCCOc1nc(C)cc(C)c1C#N. The summed E-state index contributed by atoms with van der Waals surface area (Å²) in [6.07, 6.45) is 0. The lowest BCUT2D eigenvalue weighted by Gasteiger charge is -2.08. The summed E-state index contributed by atoms with van der Waals surface area (Å²) in [5, 5.41) is 8.95. The van der Waals surface area contributed by atoms with Gasteiger partial charge in [0.25, 0.3) is 0 Å². The highest BCUT2D eigenvalue weighted by Crippen LogP contribution is 2.19. The molecule has 15 heavy (non-hydrogen) atoms. The molecule has 1 aromatic heterocycles. The van der Waals surface area contributed by atoms with Gasteiger partial charge in [0.1, 0.15) is 18.2 Å². The largest absolute Gasteiger partial charge is 0.474 e. The fourth-order valence-corrected chi connectivity index (χ4v) is 1.26. The molecule has 0 unspecified atom stereocenters. The van der Waals surface area contributed by atoms with E-state index in [2.05, 4.69) is 11.1 Å². The first kappa shape index (κ1) is 11.5. The van der Waals surface area contributed by atoms with Gasteiger partial charge in [-0.3, -0.25) is 0 Å². The molecule has 0 aromatic carbocycles. The van der Waals surface area contributed by atoms with Crippen LogP contribution < -0.4 is 4.74 Å². The van der Waals surface area contributed by atoms with Crippen molar-refractivity contribution in [2.45, 2.75) is 13.8 Å². The van der Waals surface area contributed by atoms with E-state index in [0.29, 0.717) is 24.7 Å². The van der Waals surface area contributed by atoms with Crippen LogP contribution in [-0.4, -0.2) is 25.3 Å². The summed E-state index contributed by atoms with van der Waals surface area (Å²) in [6, 6.07) is 3.95. The molecule has 4 heteroatoms. The van der Waals surface area contributed by atoms with Crippen molar-refractivity contribution in [3.63, 3.8) is 0 Å². The molecule has 0 spiro atoms. The summed E-state index contributed by atoms with van der Waals surface area (Å²) >= 11 is 0. The lowest BCUT2D eigenvalue weighted by atomic mass is 10.1.